The number of halogens is 2. The Balaban J connectivity index is 3.05. The van der Waals surface area contributed by atoms with Gasteiger partial charge in [-0.1, -0.05) is 0 Å². The molecule has 0 aliphatic heterocycles. The number of nitrogens with one attached hydrogen (secondary N) is 1. The predicted octanol–water partition coefficient (Wildman–Crippen LogP) is 0.545. The lowest BCUT2D eigenvalue weighted by atomic mass is 10.00. The number of benzene rings is 1. The average Bonchev–Trinajstić information content (AvgIpc) is 2.23. The van der Waals surface area contributed by atoms with Crippen molar-refractivity contribution in [1.29, 1.82) is 0 Å². The third-order valence-corrected chi connectivity index (χ3v) is 2.24. The second-order valence-electron chi connectivity index (χ2n) is 3.28. The first-order valence-corrected chi connectivity index (χ1v) is 4.58. The van der Waals surface area contributed by atoms with Gasteiger partial charge in [-0.2, -0.15) is 0 Å². The van der Waals surface area contributed by atoms with E-state index in [4.69, 9.17) is 10.8 Å². The molecule has 84 valence electrons. The first-order chi connectivity index (χ1) is 7.10. The standard InChI is InChI=1S/C10H14F2N2O/c1-14-10(9(13)5-15)7-4-6(11)2-3-8(7)12/h2-4,9-10,14-15H,5,13H2,1H3. The van der Waals surface area contributed by atoms with E-state index in [-0.39, 0.29) is 12.2 Å². The van der Waals surface area contributed by atoms with Crippen LogP contribution in [-0.4, -0.2) is 24.8 Å². The number of hydrogen-bond donors (Lipinski definition) is 3. The van der Waals surface area contributed by atoms with Crippen LogP contribution in [0.1, 0.15) is 11.6 Å². The number of aliphatic hydroxyl groups excluding tert-OH is 1. The van der Waals surface area contributed by atoms with Crippen LogP contribution in [0.5, 0.6) is 0 Å². The summed E-state index contributed by atoms with van der Waals surface area (Å²) < 4.78 is 26.3. The van der Waals surface area contributed by atoms with Crippen molar-refractivity contribution in [2.45, 2.75) is 12.1 Å². The monoisotopic (exact) mass is 216 g/mol. The van der Waals surface area contributed by atoms with Crippen molar-refractivity contribution in [3.63, 3.8) is 0 Å². The lowest BCUT2D eigenvalue weighted by Crippen LogP contribution is -2.39. The molecule has 1 aromatic rings. The molecular formula is C10H14F2N2O. The van der Waals surface area contributed by atoms with Crippen molar-refractivity contribution in [1.82, 2.24) is 5.32 Å². The third kappa shape index (κ3) is 2.71. The fourth-order valence-electron chi connectivity index (χ4n) is 1.46. The SMILES string of the molecule is CNC(c1cc(F)ccc1F)C(N)CO. The van der Waals surface area contributed by atoms with Crippen molar-refractivity contribution >= 4 is 0 Å². The van der Waals surface area contributed by atoms with Crippen LogP contribution in [0.15, 0.2) is 18.2 Å². The van der Waals surface area contributed by atoms with Gasteiger partial charge in [-0.25, -0.2) is 8.78 Å². The number of nitrogens with two attached hydrogens (primary N) is 1. The minimum atomic E-state index is -0.675. The van der Waals surface area contributed by atoms with Crippen molar-refractivity contribution < 1.29 is 13.9 Å². The van der Waals surface area contributed by atoms with Crippen molar-refractivity contribution in [3.8, 4) is 0 Å². The highest BCUT2D eigenvalue weighted by Crippen LogP contribution is 2.20. The summed E-state index contributed by atoms with van der Waals surface area (Å²) in [5, 5.41) is 11.6. The van der Waals surface area contributed by atoms with Crippen LogP contribution in [-0.2, 0) is 0 Å². The average molecular weight is 216 g/mol. The highest BCUT2D eigenvalue weighted by atomic mass is 19.1. The molecule has 0 radical (unpaired) electrons. The largest absolute Gasteiger partial charge is 0.395 e. The maximum atomic E-state index is 13.4. The van der Waals surface area contributed by atoms with Crippen LogP contribution in [0, 0.1) is 11.6 Å². The molecule has 3 nitrogen and oxygen atoms in total. The van der Waals surface area contributed by atoms with Gasteiger partial charge in [-0.3, -0.25) is 0 Å². The predicted molar refractivity (Wildman–Crippen MR) is 53.2 cm³/mol. The molecule has 0 spiro atoms. The molecule has 0 saturated heterocycles. The Morgan fingerprint density at radius 1 is 1.47 bits per heavy atom. The Hall–Kier alpha value is -1.04. The topological polar surface area (TPSA) is 58.3 Å². The summed E-state index contributed by atoms with van der Waals surface area (Å²) in [6.45, 7) is -0.304. The Morgan fingerprint density at radius 3 is 2.67 bits per heavy atom. The van der Waals surface area contributed by atoms with Crippen molar-refractivity contribution in [2.24, 2.45) is 5.73 Å². The van der Waals surface area contributed by atoms with Crippen LogP contribution in [0.2, 0.25) is 0 Å². The smallest absolute Gasteiger partial charge is 0.128 e. The normalized spacial score (nSPS) is 15.0. The molecule has 4 N–H and O–H groups in total. The van der Waals surface area contributed by atoms with Gasteiger partial charge < -0.3 is 16.2 Å². The van der Waals surface area contributed by atoms with Crippen LogP contribution >= 0.6 is 0 Å². The number of aliphatic hydroxyl groups is 1. The second-order valence-corrected chi connectivity index (χ2v) is 3.28. The fourth-order valence-corrected chi connectivity index (χ4v) is 1.46. The lowest BCUT2D eigenvalue weighted by Gasteiger charge is -2.22. The van der Waals surface area contributed by atoms with Gasteiger partial charge in [-0.05, 0) is 25.2 Å². The van der Waals surface area contributed by atoms with Gasteiger partial charge in [0.1, 0.15) is 11.6 Å². The minimum absolute atomic E-state index is 0.124. The molecule has 0 aliphatic rings. The van der Waals surface area contributed by atoms with E-state index in [0.717, 1.165) is 18.2 Å². The Labute approximate surface area is 86.9 Å². The summed E-state index contributed by atoms with van der Waals surface area (Å²) in [6, 6.07) is 1.87. The van der Waals surface area contributed by atoms with Crippen LogP contribution in [0.25, 0.3) is 0 Å². The summed E-state index contributed by atoms with van der Waals surface area (Å²) in [5.74, 6) is -1.07. The van der Waals surface area contributed by atoms with Crippen LogP contribution in [0.3, 0.4) is 0 Å². The van der Waals surface area contributed by atoms with E-state index in [1.165, 1.54) is 0 Å². The zero-order chi connectivity index (χ0) is 11.4. The molecule has 0 amide bonds. The maximum absolute atomic E-state index is 13.4. The van der Waals surface area contributed by atoms with Gasteiger partial charge in [-0.15, -0.1) is 0 Å². The van der Waals surface area contributed by atoms with Crippen LogP contribution < -0.4 is 11.1 Å². The van der Waals surface area contributed by atoms with Crippen LogP contribution in [0.4, 0.5) is 8.78 Å². The molecule has 0 bridgehead atoms. The summed E-state index contributed by atoms with van der Waals surface area (Å²) in [4.78, 5) is 0. The van der Waals surface area contributed by atoms with E-state index in [2.05, 4.69) is 5.32 Å². The molecule has 2 atom stereocenters. The molecule has 2 unspecified atom stereocenters. The summed E-state index contributed by atoms with van der Waals surface area (Å²) in [6.07, 6.45) is 0. The van der Waals surface area contributed by atoms with Crippen molar-refractivity contribution in [3.05, 3.63) is 35.4 Å². The Kier molecular flexibility index (Phi) is 4.14. The van der Waals surface area contributed by atoms with Gasteiger partial charge in [0.15, 0.2) is 0 Å². The van der Waals surface area contributed by atoms with E-state index < -0.39 is 23.7 Å². The Bertz CT molecular complexity index is 333. The number of rotatable bonds is 4. The summed E-state index contributed by atoms with van der Waals surface area (Å²) in [5.41, 5.74) is 5.70. The molecule has 0 aromatic heterocycles. The van der Waals surface area contributed by atoms with Crippen molar-refractivity contribution in [2.75, 3.05) is 13.7 Å². The van der Waals surface area contributed by atoms with Gasteiger partial charge >= 0.3 is 0 Å². The molecule has 1 aromatic carbocycles. The lowest BCUT2D eigenvalue weighted by molar-refractivity contribution is 0.238. The molecule has 0 fully saturated rings. The van der Waals surface area contributed by atoms with E-state index >= 15 is 0 Å². The summed E-state index contributed by atoms with van der Waals surface area (Å²) in [7, 11) is 1.57. The first kappa shape index (κ1) is 12.0. The van der Waals surface area contributed by atoms with Gasteiger partial charge in [0.05, 0.1) is 12.6 Å². The molecule has 0 saturated carbocycles. The second kappa shape index (κ2) is 5.16. The highest BCUT2D eigenvalue weighted by Gasteiger charge is 2.20. The van der Waals surface area contributed by atoms with Gasteiger partial charge in [0.2, 0.25) is 0 Å². The third-order valence-electron chi connectivity index (χ3n) is 2.24. The molecule has 0 aliphatic carbocycles. The van der Waals surface area contributed by atoms with Gasteiger partial charge in [0, 0.05) is 11.6 Å². The molecule has 15 heavy (non-hydrogen) atoms. The number of likely N-dealkylation sites (N-methyl/N-ethyl adjacent to an activating group) is 1. The van der Waals surface area contributed by atoms with E-state index in [1.807, 2.05) is 0 Å². The highest BCUT2D eigenvalue weighted by molar-refractivity contribution is 5.23. The quantitative estimate of drug-likeness (QED) is 0.688. The zero-order valence-corrected chi connectivity index (χ0v) is 8.37. The van der Waals surface area contributed by atoms with Gasteiger partial charge in [0.25, 0.3) is 0 Å². The fraction of sp³-hybridized carbons (Fsp3) is 0.400. The number of hydrogen-bond acceptors (Lipinski definition) is 3. The zero-order valence-electron chi connectivity index (χ0n) is 8.37. The molecule has 5 heteroatoms. The first-order valence-electron chi connectivity index (χ1n) is 4.58. The summed E-state index contributed by atoms with van der Waals surface area (Å²) >= 11 is 0. The molecular weight excluding hydrogens is 202 g/mol. The minimum Gasteiger partial charge on any atom is -0.395 e. The molecule has 0 heterocycles. The maximum Gasteiger partial charge on any atom is 0.128 e. The van der Waals surface area contributed by atoms with E-state index in [9.17, 15) is 8.78 Å². The molecule has 1 rings (SSSR count). The van der Waals surface area contributed by atoms with E-state index in [1.54, 1.807) is 7.05 Å². The van der Waals surface area contributed by atoms with E-state index in [0.29, 0.717) is 0 Å². The Morgan fingerprint density at radius 2 is 2.13 bits per heavy atom.